The van der Waals surface area contributed by atoms with E-state index in [1.807, 2.05) is 0 Å². The summed E-state index contributed by atoms with van der Waals surface area (Å²) in [5.41, 5.74) is 0. The van der Waals surface area contributed by atoms with E-state index in [1.54, 1.807) is 0 Å². The quantitative estimate of drug-likeness (QED) is 0.447. The smallest absolute Gasteiger partial charge is 0.107 e. The second kappa shape index (κ2) is 8.12. The lowest BCUT2D eigenvalue weighted by Gasteiger charge is -2.00. The van der Waals surface area contributed by atoms with Gasteiger partial charge in [0.25, 0.3) is 0 Å². The van der Waals surface area contributed by atoms with E-state index in [4.69, 9.17) is 9.84 Å². The Morgan fingerprint density at radius 1 is 0.867 bits per heavy atom. The lowest BCUT2D eigenvalue weighted by atomic mass is 10.1. The summed E-state index contributed by atoms with van der Waals surface area (Å²) in [6, 6.07) is 0. The fourth-order valence-corrected chi connectivity index (χ4v) is 2.07. The van der Waals surface area contributed by atoms with Crippen LogP contribution in [0.2, 0.25) is 0 Å². The molecule has 1 heterocycles. The number of hydrogen-bond acceptors (Lipinski definition) is 2. The average Bonchev–Trinajstić information content (AvgIpc) is 3.01. The molecule has 0 aliphatic carbocycles. The second-order valence-electron chi connectivity index (χ2n) is 4.66. The van der Waals surface area contributed by atoms with E-state index in [1.165, 1.54) is 51.4 Å². The third kappa shape index (κ3) is 6.16. The van der Waals surface area contributed by atoms with Gasteiger partial charge < -0.3 is 9.84 Å². The van der Waals surface area contributed by atoms with Gasteiger partial charge >= 0.3 is 0 Å². The summed E-state index contributed by atoms with van der Waals surface area (Å²) in [6.45, 7) is 2.47. The summed E-state index contributed by atoms with van der Waals surface area (Å²) in [4.78, 5) is 0. The first-order chi connectivity index (χ1) is 7.38. The number of hydrogen-bond donors (Lipinski definition) is 1. The van der Waals surface area contributed by atoms with Crippen molar-refractivity contribution in [2.24, 2.45) is 0 Å². The molecule has 90 valence electrons. The van der Waals surface area contributed by atoms with Gasteiger partial charge in [0.1, 0.15) is 6.10 Å². The van der Waals surface area contributed by atoms with Crippen molar-refractivity contribution in [2.75, 3.05) is 6.61 Å². The predicted octanol–water partition coefficient (Wildman–Crippen LogP) is 3.28. The Balaban J connectivity index is 1.71. The van der Waals surface area contributed by atoms with Crippen LogP contribution in [0.1, 0.15) is 64.7 Å². The maximum absolute atomic E-state index is 8.77. The van der Waals surface area contributed by atoms with Crippen molar-refractivity contribution in [3.8, 4) is 0 Å². The number of aliphatic hydroxyl groups is 1. The first-order valence-electron chi connectivity index (χ1n) is 6.64. The van der Waals surface area contributed by atoms with Gasteiger partial charge in [-0.2, -0.15) is 0 Å². The molecule has 15 heavy (non-hydrogen) atoms. The number of epoxide rings is 1. The summed E-state index contributed by atoms with van der Waals surface area (Å²) in [5, 5.41) is 8.77. The van der Waals surface area contributed by atoms with Crippen LogP contribution in [-0.2, 0) is 4.74 Å². The lowest BCUT2D eigenvalue weighted by Crippen LogP contribution is -1.98. The van der Waals surface area contributed by atoms with Crippen LogP contribution in [0.5, 0.6) is 0 Å². The van der Waals surface area contributed by atoms with E-state index in [9.17, 15) is 0 Å². The van der Waals surface area contributed by atoms with Crippen molar-refractivity contribution in [3.05, 3.63) is 0 Å². The number of ether oxygens (including phenoxy) is 1. The fraction of sp³-hybridized carbons (Fsp3) is 1.00. The summed E-state index contributed by atoms with van der Waals surface area (Å²) in [5.74, 6) is 0. The summed E-state index contributed by atoms with van der Waals surface area (Å²) in [6.07, 6.45) is 12.6. The van der Waals surface area contributed by atoms with Gasteiger partial charge in [0.05, 0.1) is 12.7 Å². The Bertz CT molecular complexity index is 147. The highest BCUT2D eigenvalue weighted by Crippen LogP contribution is 2.26. The minimum absolute atomic E-state index is 0.176. The topological polar surface area (TPSA) is 32.8 Å². The first-order valence-corrected chi connectivity index (χ1v) is 6.64. The second-order valence-corrected chi connectivity index (χ2v) is 4.66. The third-order valence-electron chi connectivity index (χ3n) is 3.21. The van der Waals surface area contributed by atoms with Crippen LogP contribution in [0, 0.1) is 0 Å². The maximum Gasteiger partial charge on any atom is 0.107 e. The van der Waals surface area contributed by atoms with Gasteiger partial charge in [-0.25, -0.2) is 0 Å². The van der Waals surface area contributed by atoms with Crippen LogP contribution < -0.4 is 0 Å². The van der Waals surface area contributed by atoms with Crippen LogP contribution in [0.3, 0.4) is 0 Å². The molecule has 0 radical (unpaired) electrons. The van der Waals surface area contributed by atoms with Gasteiger partial charge in [0, 0.05) is 0 Å². The predicted molar refractivity (Wildman–Crippen MR) is 63.0 cm³/mol. The molecule has 0 bridgehead atoms. The molecule has 2 atom stereocenters. The normalized spacial score (nSPS) is 24.4. The number of unbranched alkanes of at least 4 members (excludes halogenated alkanes) is 7. The number of rotatable bonds is 10. The van der Waals surface area contributed by atoms with E-state index in [2.05, 4.69) is 6.92 Å². The van der Waals surface area contributed by atoms with E-state index in [0.717, 1.165) is 6.42 Å². The average molecular weight is 214 g/mol. The Hall–Kier alpha value is -0.0800. The van der Waals surface area contributed by atoms with Crippen molar-refractivity contribution < 1.29 is 9.84 Å². The van der Waals surface area contributed by atoms with Gasteiger partial charge in [-0.3, -0.25) is 0 Å². The molecule has 0 amide bonds. The van der Waals surface area contributed by atoms with Gasteiger partial charge in [-0.05, 0) is 6.42 Å². The zero-order chi connectivity index (χ0) is 10.9. The largest absolute Gasteiger partial charge is 0.394 e. The van der Waals surface area contributed by atoms with E-state index in [0.29, 0.717) is 6.10 Å². The Labute approximate surface area is 94.0 Å². The zero-order valence-electron chi connectivity index (χ0n) is 10.1. The molecule has 1 aliphatic rings. The standard InChI is InChI=1S/C13H26O2/c1-2-3-4-5-6-7-8-9-10-12-13(11-14)15-12/h12-14H,2-11H2,1H3. The van der Waals surface area contributed by atoms with Gasteiger partial charge in [-0.15, -0.1) is 0 Å². The molecular weight excluding hydrogens is 188 g/mol. The molecule has 0 aromatic rings. The molecule has 0 aromatic carbocycles. The van der Waals surface area contributed by atoms with Crippen LogP contribution in [0.15, 0.2) is 0 Å². The first kappa shape index (κ1) is 13.0. The number of aliphatic hydroxyl groups excluding tert-OH is 1. The summed E-state index contributed by atoms with van der Waals surface area (Å²) in [7, 11) is 0. The molecule has 2 heteroatoms. The highest BCUT2D eigenvalue weighted by Gasteiger charge is 2.36. The van der Waals surface area contributed by atoms with E-state index in [-0.39, 0.29) is 12.7 Å². The van der Waals surface area contributed by atoms with Gasteiger partial charge in [-0.1, -0.05) is 58.3 Å². The maximum atomic E-state index is 8.77. The highest BCUT2D eigenvalue weighted by molar-refractivity contribution is 4.83. The summed E-state index contributed by atoms with van der Waals surface area (Å²) < 4.78 is 5.28. The molecule has 0 saturated carbocycles. The Morgan fingerprint density at radius 2 is 1.47 bits per heavy atom. The molecular formula is C13H26O2. The van der Waals surface area contributed by atoms with Gasteiger partial charge in [0.2, 0.25) is 0 Å². The molecule has 1 N–H and O–H groups in total. The monoisotopic (exact) mass is 214 g/mol. The molecule has 0 spiro atoms. The fourth-order valence-electron chi connectivity index (χ4n) is 2.07. The molecule has 0 aromatic heterocycles. The SMILES string of the molecule is CCCCCCCCCCC1OC1CO. The third-order valence-corrected chi connectivity index (χ3v) is 3.21. The van der Waals surface area contributed by atoms with Crippen LogP contribution in [0.25, 0.3) is 0 Å². The van der Waals surface area contributed by atoms with Crippen LogP contribution in [0.4, 0.5) is 0 Å². The molecule has 1 rings (SSSR count). The summed E-state index contributed by atoms with van der Waals surface area (Å²) >= 11 is 0. The van der Waals surface area contributed by atoms with Crippen molar-refractivity contribution in [1.82, 2.24) is 0 Å². The van der Waals surface area contributed by atoms with E-state index >= 15 is 0 Å². The Morgan fingerprint density at radius 3 is 2.00 bits per heavy atom. The lowest BCUT2D eigenvalue weighted by molar-refractivity contribution is 0.241. The zero-order valence-corrected chi connectivity index (χ0v) is 10.1. The van der Waals surface area contributed by atoms with Crippen molar-refractivity contribution in [1.29, 1.82) is 0 Å². The molecule has 2 nitrogen and oxygen atoms in total. The molecule has 1 aliphatic heterocycles. The van der Waals surface area contributed by atoms with Gasteiger partial charge in [0.15, 0.2) is 0 Å². The Kier molecular flexibility index (Phi) is 7.03. The minimum atomic E-state index is 0.176. The van der Waals surface area contributed by atoms with E-state index < -0.39 is 0 Å². The molecule has 1 fully saturated rings. The molecule has 1 saturated heterocycles. The van der Waals surface area contributed by atoms with Crippen LogP contribution in [-0.4, -0.2) is 23.9 Å². The molecule has 2 unspecified atom stereocenters. The van der Waals surface area contributed by atoms with Crippen molar-refractivity contribution in [3.63, 3.8) is 0 Å². The van der Waals surface area contributed by atoms with Crippen molar-refractivity contribution in [2.45, 2.75) is 76.9 Å². The van der Waals surface area contributed by atoms with Crippen molar-refractivity contribution >= 4 is 0 Å². The van der Waals surface area contributed by atoms with Crippen LogP contribution >= 0.6 is 0 Å². The highest BCUT2D eigenvalue weighted by atomic mass is 16.6. The minimum Gasteiger partial charge on any atom is -0.394 e.